The monoisotopic (exact) mass is 394 g/mol. The van der Waals surface area contributed by atoms with Crippen molar-refractivity contribution in [1.29, 1.82) is 0 Å². The molecular weight excluding hydrogens is 356 g/mol. The summed E-state index contributed by atoms with van der Waals surface area (Å²) in [5.74, 6) is 0.457. The normalized spacial score (nSPS) is 23.7. The third kappa shape index (κ3) is 6.16. The number of nitrogens with one attached hydrogen (secondary N) is 1. The van der Waals surface area contributed by atoms with Crippen LogP contribution in [-0.4, -0.2) is 98.1 Å². The van der Waals surface area contributed by atoms with Crippen molar-refractivity contribution in [3.63, 3.8) is 0 Å². The van der Waals surface area contributed by atoms with Crippen molar-refractivity contribution in [3.8, 4) is 0 Å². The largest absolute Gasteiger partial charge is 0.466 e. The Balaban J connectivity index is 1.32. The second kappa shape index (κ2) is 11.1. The van der Waals surface area contributed by atoms with Crippen LogP contribution in [0.25, 0.3) is 0 Å². The van der Waals surface area contributed by atoms with E-state index in [0.29, 0.717) is 25.0 Å². The van der Waals surface area contributed by atoms with Crippen molar-refractivity contribution >= 4 is 11.9 Å². The summed E-state index contributed by atoms with van der Waals surface area (Å²) in [7, 11) is 0. The summed E-state index contributed by atoms with van der Waals surface area (Å²) in [4.78, 5) is 31.5. The zero-order valence-corrected chi connectivity index (χ0v) is 17.5. The van der Waals surface area contributed by atoms with E-state index in [0.717, 1.165) is 78.2 Å². The number of hydrogen-bond acceptors (Lipinski definition) is 6. The number of carbonyl (C=O) groups is 2. The first kappa shape index (κ1) is 21.5. The van der Waals surface area contributed by atoms with Crippen LogP contribution in [0.15, 0.2) is 0 Å². The van der Waals surface area contributed by atoms with E-state index in [9.17, 15) is 9.59 Å². The maximum absolute atomic E-state index is 12.9. The Labute approximate surface area is 169 Å². The average molecular weight is 395 g/mol. The molecule has 0 spiro atoms. The van der Waals surface area contributed by atoms with Crippen LogP contribution in [0.3, 0.4) is 0 Å². The van der Waals surface area contributed by atoms with Gasteiger partial charge in [0.2, 0.25) is 5.91 Å². The van der Waals surface area contributed by atoms with E-state index in [1.807, 2.05) is 6.92 Å². The van der Waals surface area contributed by atoms with Crippen LogP contribution in [0.2, 0.25) is 0 Å². The lowest BCUT2D eigenvalue weighted by molar-refractivity contribution is -0.143. The predicted molar refractivity (Wildman–Crippen MR) is 109 cm³/mol. The fraction of sp³-hybridized carbons (Fsp3) is 0.905. The Morgan fingerprint density at radius 1 is 0.964 bits per heavy atom. The van der Waals surface area contributed by atoms with Crippen molar-refractivity contribution in [2.24, 2.45) is 5.92 Å². The summed E-state index contributed by atoms with van der Waals surface area (Å²) in [6.07, 6.45) is 5.72. The molecule has 0 atom stereocenters. The fourth-order valence-corrected chi connectivity index (χ4v) is 4.82. The van der Waals surface area contributed by atoms with E-state index in [4.69, 9.17) is 4.74 Å². The third-order valence-electron chi connectivity index (χ3n) is 6.55. The van der Waals surface area contributed by atoms with Gasteiger partial charge in [-0.15, -0.1) is 0 Å². The second-order valence-corrected chi connectivity index (χ2v) is 8.37. The number of esters is 1. The zero-order chi connectivity index (χ0) is 19.8. The highest BCUT2D eigenvalue weighted by atomic mass is 16.5. The Morgan fingerprint density at radius 3 is 2.29 bits per heavy atom. The van der Waals surface area contributed by atoms with Crippen LogP contribution in [0.4, 0.5) is 0 Å². The van der Waals surface area contributed by atoms with Gasteiger partial charge in [0, 0.05) is 44.6 Å². The molecule has 3 aliphatic heterocycles. The first-order valence-electron chi connectivity index (χ1n) is 11.3. The fourth-order valence-electron chi connectivity index (χ4n) is 4.82. The summed E-state index contributed by atoms with van der Waals surface area (Å²) < 4.78 is 4.98. The Hall–Kier alpha value is -1.18. The van der Waals surface area contributed by atoms with E-state index < -0.39 is 0 Å². The first-order valence-corrected chi connectivity index (χ1v) is 11.3. The summed E-state index contributed by atoms with van der Waals surface area (Å²) in [5, 5.41) is 3.43. The lowest BCUT2D eigenvalue weighted by atomic mass is 9.94. The molecule has 1 amide bonds. The molecule has 0 aliphatic carbocycles. The van der Waals surface area contributed by atoms with Gasteiger partial charge < -0.3 is 19.9 Å². The van der Waals surface area contributed by atoms with Gasteiger partial charge in [-0.1, -0.05) is 0 Å². The molecule has 0 radical (unpaired) electrons. The molecule has 160 valence electrons. The molecule has 0 aromatic rings. The molecule has 7 heteroatoms. The number of ether oxygens (including phenoxy) is 1. The Bertz CT molecular complexity index is 494. The van der Waals surface area contributed by atoms with Crippen LogP contribution in [0, 0.1) is 5.92 Å². The molecule has 3 fully saturated rings. The molecule has 3 rings (SSSR count). The van der Waals surface area contributed by atoms with Gasteiger partial charge in [0.1, 0.15) is 0 Å². The summed E-state index contributed by atoms with van der Waals surface area (Å²) in [6, 6.07) is 0.705. The van der Waals surface area contributed by atoms with Gasteiger partial charge in [-0.3, -0.25) is 14.5 Å². The minimum Gasteiger partial charge on any atom is -0.466 e. The highest BCUT2D eigenvalue weighted by Gasteiger charge is 2.32. The minimum absolute atomic E-state index is 0.101. The first-order chi connectivity index (χ1) is 13.7. The maximum Gasteiger partial charge on any atom is 0.305 e. The maximum atomic E-state index is 12.9. The van der Waals surface area contributed by atoms with E-state index >= 15 is 0 Å². The molecule has 3 saturated heterocycles. The Morgan fingerprint density at radius 2 is 1.64 bits per heavy atom. The number of piperazine rings is 1. The Kier molecular flexibility index (Phi) is 8.55. The minimum atomic E-state index is -0.101. The number of amides is 1. The molecule has 7 nitrogen and oxygen atoms in total. The average Bonchev–Trinajstić information content (AvgIpc) is 2.75. The number of piperidine rings is 2. The van der Waals surface area contributed by atoms with E-state index in [2.05, 4.69) is 20.0 Å². The molecule has 0 aromatic carbocycles. The van der Waals surface area contributed by atoms with Crippen LogP contribution in [0.1, 0.15) is 45.4 Å². The molecule has 0 saturated carbocycles. The molecule has 28 heavy (non-hydrogen) atoms. The number of carbonyl (C=O) groups excluding carboxylic acids is 2. The molecule has 1 N–H and O–H groups in total. The SMILES string of the molecule is CCOC(=O)CCCN1CCC(C(=O)N2CCN(C3CCNCC3)CC2)CC1. The summed E-state index contributed by atoms with van der Waals surface area (Å²) in [5.41, 5.74) is 0. The van der Waals surface area contributed by atoms with Crippen molar-refractivity contribution in [3.05, 3.63) is 0 Å². The van der Waals surface area contributed by atoms with E-state index in [1.165, 1.54) is 12.8 Å². The van der Waals surface area contributed by atoms with Gasteiger partial charge in [-0.2, -0.15) is 0 Å². The van der Waals surface area contributed by atoms with E-state index in [1.54, 1.807) is 0 Å². The smallest absolute Gasteiger partial charge is 0.305 e. The van der Waals surface area contributed by atoms with Crippen LogP contribution < -0.4 is 5.32 Å². The highest BCUT2D eigenvalue weighted by molar-refractivity contribution is 5.79. The van der Waals surface area contributed by atoms with Gasteiger partial charge >= 0.3 is 5.97 Å². The highest BCUT2D eigenvalue weighted by Crippen LogP contribution is 2.22. The molecule has 0 aromatic heterocycles. The van der Waals surface area contributed by atoms with Crippen molar-refractivity contribution < 1.29 is 14.3 Å². The number of hydrogen-bond donors (Lipinski definition) is 1. The topological polar surface area (TPSA) is 65.1 Å². The zero-order valence-electron chi connectivity index (χ0n) is 17.5. The summed E-state index contributed by atoms with van der Waals surface area (Å²) in [6.45, 7) is 11.3. The standard InChI is InChI=1S/C21H38N4O3/c1-2-28-20(26)4-3-11-23-12-7-18(8-13-23)21(27)25-16-14-24(15-17-25)19-5-9-22-10-6-19/h18-19,22H,2-17H2,1H3. The van der Waals surface area contributed by atoms with Crippen LogP contribution in [-0.2, 0) is 14.3 Å². The van der Waals surface area contributed by atoms with Crippen molar-refractivity contribution in [2.45, 2.75) is 51.5 Å². The molecule has 3 aliphatic rings. The lowest BCUT2D eigenvalue weighted by Crippen LogP contribution is -2.55. The summed E-state index contributed by atoms with van der Waals surface area (Å²) >= 11 is 0. The molecule has 3 heterocycles. The third-order valence-corrected chi connectivity index (χ3v) is 6.55. The predicted octanol–water partition coefficient (Wildman–Crippen LogP) is 0.938. The van der Waals surface area contributed by atoms with Crippen molar-refractivity contribution in [1.82, 2.24) is 20.0 Å². The molecular formula is C21H38N4O3. The van der Waals surface area contributed by atoms with Crippen molar-refractivity contribution in [2.75, 3.05) is 65.5 Å². The van der Waals surface area contributed by atoms with Gasteiger partial charge in [0.15, 0.2) is 0 Å². The lowest BCUT2D eigenvalue weighted by Gasteiger charge is -2.42. The van der Waals surface area contributed by atoms with Gasteiger partial charge in [0.25, 0.3) is 0 Å². The second-order valence-electron chi connectivity index (χ2n) is 8.37. The number of rotatable bonds is 7. The molecule has 0 unspecified atom stereocenters. The number of nitrogens with zero attached hydrogens (tertiary/aromatic N) is 3. The van der Waals surface area contributed by atoms with Gasteiger partial charge in [-0.05, 0) is 71.8 Å². The quantitative estimate of drug-likeness (QED) is 0.649. The number of likely N-dealkylation sites (tertiary alicyclic amines) is 1. The van der Waals surface area contributed by atoms with Gasteiger partial charge in [-0.25, -0.2) is 0 Å². The van der Waals surface area contributed by atoms with Crippen LogP contribution >= 0.6 is 0 Å². The van der Waals surface area contributed by atoms with Crippen LogP contribution in [0.5, 0.6) is 0 Å². The molecule has 0 bridgehead atoms. The van der Waals surface area contributed by atoms with E-state index in [-0.39, 0.29) is 11.9 Å². The van der Waals surface area contributed by atoms with Gasteiger partial charge in [0.05, 0.1) is 6.61 Å².